The Morgan fingerprint density at radius 1 is 1.29 bits per heavy atom. The van der Waals surface area contributed by atoms with Gasteiger partial charge in [-0.1, -0.05) is 6.92 Å². The lowest BCUT2D eigenvalue weighted by Crippen LogP contribution is -2.48. The number of likely N-dealkylation sites (N-methyl/N-ethyl adjacent to an activating group) is 1. The number of aliphatic carboxylic acids is 1. The number of aromatic nitrogens is 1. The fraction of sp³-hybridized carbons (Fsp3) is 0.476. The van der Waals surface area contributed by atoms with Gasteiger partial charge in [0.05, 0.1) is 30.4 Å². The molecule has 1 N–H and O–H groups in total. The van der Waals surface area contributed by atoms with Crippen molar-refractivity contribution in [3.05, 3.63) is 35.5 Å². The van der Waals surface area contributed by atoms with Crippen LogP contribution in [-0.2, 0) is 4.79 Å². The van der Waals surface area contributed by atoms with Crippen LogP contribution in [0.1, 0.15) is 35.8 Å². The van der Waals surface area contributed by atoms with Crippen LogP contribution in [0, 0.1) is 6.92 Å². The Hall–Kier alpha value is -2.67. The number of benzene rings is 1. The zero-order chi connectivity index (χ0) is 20.3. The van der Waals surface area contributed by atoms with Crippen molar-refractivity contribution in [2.45, 2.75) is 32.7 Å². The number of aryl methyl sites for hydroxylation is 1. The second kappa shape index (κ2) is 8.56. The third-order valence-corrected chi connectivity index (χ3v) is 5.46. The molecule has 1 aromatic carbocycles. The molecule has 1 aliphatic rings. The number of carbonyl (C=O) groups is 2. The number of amides is 1. The van der Waals surface area contributed by atoms with Crippen molar-refractivity contribution in [2.75, 3.05) is 33.3 Å². The van der Waals surface area contributed by atoms with Crippen molar-refractivity contribution in [3.8, 4) is 5.75 Å². The minimum absolute atomic E-state index is 0.0116. The van der Waals surface area contributed by atoms with Crippen LogP contribution in [-0.4, -0.2) is 71.1 Å². The minimum atomic E-state index is -0.810. The Balaban J connectivity index is 1.73. The van der Waals surface area contributed by atoms with Gasteiger partial charge in [0.1, 0.15) is 5.75 Å². The molecule has 0 unspecified atom stereocenters. The maximum atomic E-state index is 13.1. The summed E-state index contributed by atoms with van der Waals surface area (Å²) in [5.41, 5.74) is 2.13. The second-order valence-electron chi connectivity index (χ2n) is 7.16. The molecular formula is C21H27N3O4. The van der Waals surface area contributed by atoms with E-state index in [2.05, 4.69) is 4.98 Å². The maximum absolute atomic E-state index is 13.1. The van der Waals surface area contributed by atoms with Gasteiger partial charge in [0, 0.05) is 30.6 Å². The van der Waals surface area contributed by atoms with Crippen molar-refractivity contribution in [1.29, 1.82) is 0 Å². The number of hydrogen-bond donors (Lipinski definition) is 1. The van der Waals surface area contributed by atoms with Gasteiger partial charge in [-0.3, -0.25) is 19.5 Å². The molecule has 1 saturated heterocycles. The fourth-order valence-electron chi connectivity index (χ4n) is 3.86. The summed E-state index contributed by atoms with van der Waals surface area (Å²) in [7, 11) is 1.62. The first-order valence-electron chi connectivity index (χ1n) is 9.63. The standard InChI is InChI=1S/C21H27N3O4/c1-4-23(13-20(25)26)16-7-9-24(10-8-16)21(27)18-11-15-5-6-17(28-3)12-19(15)22-14(18)2/h5-6,11-12,16H,4,7-10,13H2,1-3H3,(H,25,26). The Kier molecular flexibility index (Phi) is 6.14. The van der Waals surface area contributed by atoms with E-state index in [-0.39, 0.29) is 18.5 Å². The van der Waals surface area contributed by atoms with Crippen LogP contribution < -0.4 is 4.74 Å². The zero-order valence-electron chi connectivity index (χ0n) is 16.6. The summed E-state index contributed by atoms with van der Waals surface area (Å²) in [6, 6.07) is 7.74. The van der Waals surface area contributed by atoms with Gasteiger partial charge >= 0.3 is 5.97 Å². The zero-order valence-corrected chi connectivity index (χ0v) is 16.6. The lowest BCUT2D eigenvalue weighted by molar-refractivity contribution is -0.139. The molecule has 2 aromatic rings. The van der Waals surface area contributed by atoms with E-state index >= 15 is 0 Å². The number of ether oxygens (including phenoxy) is 1. The van der Waals surface area contributed by atoms with Gasteiger partial charge in [0.15, 0.2) is 0 Å². The number of likely N-dealkylation sites (tertiary alicyclic amines) is 1. The molecular weight excluding hydrogens is 358 g/mol. The summed E-state index contributed by atoms with van der Waals surface area (Å²) < 4.78 is 5.24. The quantitative estimate of drug-likeness (QED) is 0.823. The van der Waals surface area contributed by atoms with Crippen LogP contribution in [0.5, 0.6) is 5.75 Å². The molecule has 0 bridgehead atoms. The van der Waals surface area contributed by atoms with Crippen LogP contribution in [0.3, 0.4) is 0 Å². The van der Waals surface area contributed by atoms with E-state index in [1.807, 2.05) is 47.9 Å². The van der Waals surface area contributed by atoms with Crippen molar-refractivity contribution in [3.63, 3.8) is 0 Å². The average molecular weight is 385 g/mol. The number of carbonyl (C=O) groups excluding carboxylic acids is 1. The predicted molar refractivity (Wildman–Crippen MR) is 107 cm³/mol. The van der Waals surface area contributed by atoms with Crippen LogP contribution in [0.25, 0.3) is 10.9 Å². The molecule has 0 spiro atoms. The van der Waals surface area contributed by atoms with E-state index in [0.717, 1.165) is 29.5 Å². The lowest BCUT2D eigenvalue weighted by Gasteiger charge is -2.37. The van der Waals surface area contributed by atoms with E-state index in [4.69, 9.17) is 9.84 Å². The molecule has 0 atom stereocenters. The monoisotopic (exact) mass is 385 g/mol. The Morgan fingerprint density at radius 2 is 2.00 bits per heavy atom. The van der Waals surface area contributed by atoms with E-state index in [0.29, 0.717) is 30.9 Å². The fourth-order valence-corrected chi connectivity index (χ4v) is 3.86. The average Bonchev–Trinajstić information content (AvgIpc) is 2.70. The number of carboxylic acid groups (broad SMARTS) is 1. The molecule has 1 aliphatic heterocycles. The van der Waals surface area contributed by atoms with Crippen LogP contribution in [0.2, 0.25) is 0 Å². The topological polar surface area (TPSA) is 83.0 Å². The van der Waals surface area contributed by atoms with Crippen molar-refractivity contribution >= 4 is 22.8 Å². The summed E-state index contributed by atoms with van der Waals surface area (Å²) in [5, 5.41) is 9.97. The van der Waals surface area contributed by atoms with E-state index in [1.165, 1.54) is 0 Å². The van der Waals surface area contributed by atoms with Gasteiger partial charge in [0.25, 0.3) is 5.91 Å². The molecule has 7 nitrogen and oxygen atoms in total. The first-order valence-corrected chi connectivity index (χ1v) is 9.63. The minimum Gasteiger partial charge on any atom is -0.497 e. The largest absolute Gasteiger partial charge is 0.497 e. The number of nitrogens with zero attached hydrogens (tertiary/aromatic N) is 3. The highest BCUT2D eigenvalue weighted by Crippen LogP contribution is 2.24. The molecule has 0 radical (unpaired) electrons. The van der Waals surface area contributed by atoms with Gasteiger partial charge in [-0.25, -0.2) is 0 Å². The molecule has 150 valence electrons. The summed E-state index contributed by atoms with van der Waals surface area (Å²) in [6.07, 6.45) is 1.56. The van der Waals surface area contributed by atoms with Gasteiger partial charge in [0.2, 0.25) is 0 Å². The molecule has 1 fully saturated rings. The first-order chi connectivity index (χ1) is 13.4. The summed E-state index contributed by atoms with van der Waals surface area (Å²) in [6.45, 7) is 5.82. The SMILES string of the molecule is CCN(CC(=O)O)C1CCN(C(=O)c2cc3ccc(OC)cc3nc2C)CC1. The van der Waals surface area contributed by atoms with Crippen molar-refractivity contribution in [2.24, 2.45) is 0 Å². The number of methoxy groups -OCH3 is 1. The maximum Gasteiger partial charge on any atom is 0.317 e. The third-order valence-electron chi connectivity index (χ3n) is 5.46. The molecule has 2 heterocycles. The number of carboxylic acids is 1. The third kappa shape index (κ3) is 4.25. The number of rotatable bonds is 6. The van der Waals surface area contributed by atoms with Gasteiger partial charge in [-0.15, -0.1) is 0 Å². The molecule has 1 aromatic heterocycles. The normalized spacial score (nSPS) is 15.2. The molecule has 28 heavy (non-hydrogen) atoms. The van der Waals surface area contributed by atoms with Crippen molar-refractivity contribution < 1.29 is 19.4 Å². The van der Waals surface area contributed by atoms with Gasteiger partial charge in [-0.2, -0.15) is 0 Å². The Bertz CT molecular complexity index is 875. The van der Waals surface area contributed by atoms with Crippen molar-refractivity contribution in [1.82, 2.24) is 14.8 Å². The van der Waals surface area contributed by atoms with Crippen LogP contribution in [0.4, 0.5) is 0 Å². The second-order valence-corrected chi connectivity index (χ2v) is 7.16. The summed E-state index contributed by atoms with van der Waals surface area (Å²) in [4.78, 5) is 32.5. The first kappa shape index (κ1) is 20.1. The predicted octanol–water partition coefficient (Wildman–Crippen LogP) is 2.56. The highest BCUT2D eigenvalue weighted by Gasteiger charge is 2.28. The van der Waals surface area contributed by atoms with Gasteiger partial charge < -0.3 is 14.7 Å². The van der Waals surface area contributed by atoms with Crippen LogP contribution >= 0.6 is 0 Å². The van der Waals surface area contributed by atoms with Gasteiger partial charge in [-0.05, 0) is 44.5 Å². The highest BCUT2D eigenvalue weighted by atomic mass is 16.5. The summed E-state index contributed by atoms with van der Waals surface area (Å²) in [5.74, 6) is -0.0836. The smallest absolute Gasteiger partial charge is 0.317 e. The number of fused-ring (bicyclic) bond motifs is 1. The van der Waals surface area contributed by atoms with E-state index in [1.54, 1.807) is 7.11 Å². The number of pyridine rings is 1. The molecule has 3 rings (SSSR count). The molecule has 1 amide bonds. The lowest BCUT2D eigenvalue weighted by atomic mass is 10.0. The Labute approximate surface area is 164 Å². The van der Waals surface area contributed by atoms with Crippen LogP contribution in [0.15, 0.2) is 24.3 Å². The van der Waals surface area contributed by atoms with E-state index in [9.17, 15) is 9.59 Å². The molecule has 0 aliphatic carbocycles. The molecule has 7 heteroatoms. The Morgan fingerprint density at radius 3 is 2.61 bits per heavy atom. The molecule has 0 saturated carbocycles. The number of piperidine rings is 1. The van der Waals surface area contributed by atoms with E-state index < -0.39 is 5.97 Å². The summed E-state index contributed by atoms with van der Waals surface area (Å²) >= 11 is 0. The highest BCUT2D eigenvalue weighted by molar-refractivity contribution is 5.98. The number of hydrogen-bond acceptors (Lipinski definition) is 5.